The van der Waals surface area contributed by atoms with Crippen molar-refractivity contribution in [3.8, 4) is 5.75 Å². The minimum atomic E-state index is -0.496. The molecule has 30 heavy (non-hydrogen) atoms. The Morgan fingerprint density at radius 2 is 1.77 bits per heavy atom. The van der Waals surface area contributed by atoms with Crippen molar-refractivity contribution in [3.05, 3.63) is 59.7 Å². The van der Waals surface area contributed by atoms with E-state index in [2.05, 4.69) is 10.6 Å². The Hall–Kier alpha value is -3.35. The molecule has 158 valence electrons. The fourth-order valence-corrected chi connectivity index (χ4v) is 2.93. The molecule has 1 saturated carbocycles. The largest absolute Gasteiger partial charge is 0.494 e. The van der Waals surface area contributed by atoms with E-state index < -0.39 is 18.5 Å². The molecule has 2 aromatic rings. The molecule has 2 aromatic carbocycles. The van der Waals surface area contributed by atoms with Gasteiger partial charge in [-0.2, -0.15) is 0 Å². The van der Waals surface area contributed by atoms with Crippen LogP contribution in [-0.4, -0.2) is 37.0 Å². The molecule has 2 N–H and O–H groups in total. The summed E-state index contributed by atoms with van der Waals surface area (Å²) < 4.78 is 10.6. The third-order valence-electron chi connectivity index (χ3n) is 4.59. The second-order valence-electron chi connectivity index (χ2n) is 7.04. The van der Waals surface area contributed by atoms with E-state index in [1.807, 2.05) is 31.2 Å². The maximum atomic E-state index is 12.3. The summed E-state index contributed by atoms with van der Waals surface area (Å²) >= 11 is 0. The van der Waals surface area contributed by atoms with Crippen LogP contribution in [0.5, 0.6) is 5.75 Å². The zero-order chi connectivity index (χ0) is 21.3. The lowest BCUT2D eigenvalue weighted by atomic mass is 10.1. The van der Waals surface area contributed by atoms with E-state index in [4.69, 9.17) is 9.47 Å². The predicted octanol–water partition coefficient (Wildman–Crippen LogP) is 3.09. The van der Waals surface area contributed by atoms with E-state index in [1.54, 1.807) is 24.3 Å². The zero-order valence-corrected chi connectivity index (χ0v) is 17.0. The van der Waals surface area contributed by atoms with Crippen molar-refractivity contribution in [1.29, 1.82) is 0 Å². The topological polar surface area (TPSA) is 93.7 Å². The van der Waals surface area contributed by atoms with E-state index in [1.165, 1.54) is 0 Å². The Kier molecular flexibility index (Phi) is 7.43. The van der Waals surface area contributed by atoms with Crippen molar-refractivity contribution in [2.24, 2.45) is 0 Å². The van der Waals surface area contributed by atoms with Crippen molar-refractivity contribution in [2.75, 3.05) is 18.5 Å². The Labute approximate surface area is 175 Å². The first-order chi connectivity index (χ1) is 14.6. The van der Waals surface area contributed by atoms with E-state index in [0.29, 0.717) is 24.3 Å². The van der Waals surface area contributed by atoms with Crippen LogP contribution in [0.15, 0.2) is 48.5 Å². The number of ether oxygens (including phenoxy) is 2. The van der Waals surface area contributed by atoms with Gasteiger partial charge in [0.15, 0.2) is 6.61 Å². The molecule has 0 atom stereocenters. The van der Waals surface area contributed by atoms with Crippen molar-refractivity contribution in [2.45, 2.75) is 38.6 Å². The van der Waals surface area contributed by atoms with Crippen LogP contribution in [0.1, 0.15) is 42.1 Å². The molecule has 0 saturated heterocycles. The third kappa shape index (κ3) is 6.34. The molecule has 0 unspecified atom stereocenters. The molecule has 0 bridgehead atoms. The van der Waals surface area contributed by atoms with Crippen molar-refractivity contribution in [1.82, 2.24) is 5.32 Å². The highest BCUT2D eigenvalue weighted by molar-refractivity contribution is 6.04. The molecular formula is C23H26N2O5. The first kappa shape index (κ1) is 21.4. The quantitative estimate of drug-likeness (QED) is 0.587. The van der Waals surface area contributed by atoms with Crippen molar-refractivity contribution >= 4 is 23.5 Å². The minimum absolute atomic E-state index is 0.137. The van der Waals surface area contributed by atoms with Gasteiger partial charge >= 0.3 is 5.97 Å². The smallest absolute Gasteiger partial charge is 0.306 e. The first-order valence-corrected chi connectivity index (χ1v) is 10.1. The number of carbonyl (C=O) groups is 3. The van der Waals surface area contributed by atoms with Crippen LogP contribution < -0.4 is 15.4 Å². The van der Waals surface area contributed by atoms with Gasteiger partial charge < -0.3 is 20.1 Å². The zero-order valence-electron chi connectivity index (χ0n) is 17.0. The summed E-state index contributed by atoms with van der Waals surface area (Å²) in [6.45, 7) is 2.03. The van der Waals surface area contributed by atoms with Gasteiger partial charge in [-0.15, -0.1) is 0 Å². The SMILES string of the molecule is CCOc1ccccc1CCC(=O)OCC(=O)Nc1ccccc1C(=O)NC1CC1. The van der Waals surface area contributed by atoms with Crippen LogP contribution in [-0.2, 0) is 20.7 Å². The monoisotopic (exact) mass is 410 g/mol. The number of hydrogen-bond donors (Lipinski definition) is 2. The molecule has 0 heterocycles. The number of esters is 1. The first-order valence-electron chi connectivity index (χ1n) is 10.1. The van der Waals surface area contributed by atoms with E-state index in [0.717, 1.165) is 24.2 Å². The predicted molar refractivity (Wildman–Crippen MR) is 112 cm³/mol. The Bertz CT molecular complexity index is 908. The summed E-state index contributed by atoms with van der Waals surface area (Å²) in [4.78, 5) is 36.5. The molecule has 7 nitrogen and oxygen atoms in total. The third-order valence-corrected chi connectivity index (χ3v) is 4.59. The number of aryl methyl sites for hydroxylation is 1. The van der Waals surface area contributed by atoms with Crippen LogP contribution >= 0.6 is 0 Å². The summed E-state index contributed by atoms with van der Waals surface area (Å²) in [6.07, 6.45) is 2.55. The number of amides is 2. The number of rotatable bonds is 10. The molecule has 2 amide bonds. The fraction of sp³-hybridized carbons (Fsp3) is 0.348. The average Bonchev–Trinajstić information content (AvgIpc) is 3.56. The molecule has 1 aliphatic rings. The molecular weight excluding hydrogens is 384 g/mol. The van der Waals surface area contributed by atoms with Gasteiger partial charge in [-0.05, 0) is 49.9 Å². The molecule has 1 fully saturated rings. The summed E-state index contributed by atoms with van der Waals surface area (Å²) in [5.74, 6) is -0.453. The second kappa shape index (κ2) is 10.4. The van der Waals surface area contributed by atoms with Gasteiger partial charge in [-0.25, -0.2) is 0 Å². The van der Waals surface area contributed by atoms with Gasteiger partial charge in [0.1, 0.15) is 5.75 Å². The van der Waals surface area contributed by atoms with Crippen LogP contribution in [0.3, 0.4) is 0 Å². The number of para-hydroxylation sites is 2. The van der Waals surface area contributed by atoms with Crippen LogP contribution in [0.25, 0.3) is 0 Å². The summed E-state index contributed by atoms with van der Waals surface area (Å²) in [7, 11) is 0. The molecule has 0 aromatic heterocycles. The number of anilines is 1. The van der Waals surface area contributed by atoms with Gasteiger partial charge in [0.05, 0.1) is 17.9 Å². The lowest BCUT2D eigenvalue weighted by Crippen LogP contribution is -2.28. The van der Waals surface area contributed by atoms with Gasteiger partial charge in [0, 0.05) is 12.5 Å². The highest BCUT2D eigenvalue weighted by atomic mass is 16.5. The fourth-order valence-electron chi connectivity index (χ4n) is 2.93. The normalized spacial score (nSPS) is 12.7. The molecule has 0 radical (unpaired) electrons. The standard InChI is InChI=1S/C23H26N2O5/c1-2-29-20-10-6-3-7-16(20)11-14-22(27)30-15-21(26)25-19-9-5-4-8-18(19)23(28)24-17-12-13-17/h3-10,17H,2,11-15H2,1H3,(H,24,28)(H,25,26). The molecule has 0 spiro atoms. The highest BCUT2D eigenvalue weighted by Crippen LogP contribution is 2.22. The Morgan fingerprint density at radius 3 is 2.53 bits per heavy atom. The molecule has 0 aliphatic heterocycles. The Balaban J connectivity index is 1.47. The van der Waals surface area contributed by atoms with Crippen LogP contribution in [0, 0.1) is 0 Å². The maximum absolute atomic E-state index is 12.3. The lowest BCUT2D eigenvalue weighted by molar-refractivity contribution is -0.147. The van der Waals surface area contributed by atoms with Crippen molar-refractivity contribution in [3.63, 3.8) is 0 Å². The van der Waals surface area contributed by atoms with Gasteiger partial charge in [-0.3, -0.25) is 14.4 Å². The van der Waals surface area contributed by atoms with E-state index in [9.17, 15) is 14.4 Å². The number of hydrogen-bond acceptors (Lipinski definition) is 5. The molecule has 3 rings (SSSR count). The summed E-state index contributed by atoms with van der Waals surface area (Å²) in [5, 5.41) is 5.54. The Morgan fingerprint density at radius 1 is 1.03 bits per heavy atom. The highest BCUT2D eigenvalue weighted by Gasteiger charge is 2.25. The number of carbonyl (C=O) groups excluding carboxylic acids is 3. The van der Waals surface area contributed by atoms with Gasteiger partial charge in [-0.1, -0.05) is 30.3 Å². The van der Waals surface area contributed by atoms with Crippen molar-refractivity contribution < 1.29 is 23.9 Å². The summed E-state index contributed by atoms with van der Waals surface area (Å²) in [6, 6.07) is 14.5. The maximum Gasteiger partial charge on any atom is 0.306 e. The minimum Gasteiger partial charge on any atom is -0.494 e. The molecule has 7 heteroatoms. The van der Waals surface area contributed by atoms with Crippen LogP contribution in [0.2, 0.25) is 0 Å². The second-order valence-corrected chi connectivity index (χ2v) is 7.04. The summed E-state index contributed by atoms with van der Waals surface area (Å²) in [5.41, 5.74) is 1.69. The van der Waals surface area contributed by atoms with Crippen LogP contribution in [0.4, 0.5) is 5.69 Å². The van der Waals surface area contributed by atoms with E-state index in [-0.39, 0.29) is 18.4 Å². The van der Waals surface area contributed by atoms with E-state index >= 15 is 0 Å². The van der Waals surface area contributed by atoms with Gasteiger partial charge in [0.25, 0.3) is 11.8 Å². The molecule has 1 aliphatic carbocycles. The van der Waals surface area contributed by atoms with Gasteiger partial charge in [0.2, 0.25) is 0 Å². The lowest BCUT2D eigenvalue weighted by Gasteiger charge is -2.12. The number of benzene rings is 2. The average molecular weight is 410 g/mol. The number of nitrogens with one attached hydrogen (secondary N) is 2.